The van der Waals surface area contributed by atoms with Gasteiger partial charge < -0.3 is 20.7 Å². The Kier molecular flexibility index (Phi) is 4.31. The fourth-order valence-corrected chi connectivity index (χ4v) is 2.68. The monoisotopic (exact) mass is 319 g/mol. The quantitative estimate of drug-likeness (QED) is 0.847. The summed E-state index contributed by atoms with van der Waals surface area (Å²) in [6.07, 6.45) is 0. The van der Waals surface area contributed by atoms with Crippen LogP contribution >= 0.6 is 11.6 Å². The second kappa shape index (κ2) is 6.37. The fourth-order valence-electron chi connectivity index (χ4n) is 2.49. The minimum atomic E-state index is 0.147. The normalized spacial score (nSPS) is 18.3. The van der Waals surface area contributed by atoms with Gasteiger partial charge in [-0.3, -0.25) is 0 Å². The van der Waals surface area contributed by atoms with Crippen molar-refractivity contribution in [2.24, 2.45) is 0 Å². The van der Waals surface area contributed by atoms with E-state index in [1.807, 2.05) is 12.1 Å². The average Bonchev–Trinajstić information content (AvgIpc) is 2.48. The minimum Gasteiger partial charge on any atom is -0.377 e. The highest BCUT2D eigenvalue weighted by Gasteiger charge is 2.18. The summed E-state index contributed by atoms with van der Waals surface area (Å²) in [5, 5.41) is 3.48. The van der Waals surface area contributed by atoms with Crippen molar-refractivity contribution in [3.05, 3.63) is 35.5 Å². The molecular weight excluding hydrogens is 302 g/mol. The standard InChI is InChI=1S/C15H18ClN5O/c1-10-9-22-7-6-21(10)12-4-2-11(3-5-12)18-14-8-13(16)19-15(17)20-14/h2-5,8,10H,6-7,9H2,1H3,(H3,17,18,19,20). The number of nitrogens with two attached hydrogens (primary N) is 1. The van der Waals surface area contributed by atoms with Crippen molar-refractivity contribution in [2.75, 3.05) is 35.7 Å². The number of halogens is 1. The van der Waals surface area contributed by atoms with E-state index in [0.717, 1.165) is 25.4 Å². The Morgan fingerprint density at radius 1 is 1.32 bits per heavy atom. The Labute approximate surface area is 134 Å². The number of rotatable bonds is 3. The first kappa shape index (κ1) is 14.9. The number of morpholine rings is 1. The summed E-state index contributed by atoms with van der Waals surface area (Å²) in [5.74, 6) is 0.721. The number of hydrogen-bond donors (Lipinski definition) is 2. The van der Waals surface area contributed by atoms with E-state index in [1.54, 1.807) is 6.07 Å². The van der Waals surface area contributed by atoms with Crippen molar-refractivity contribution >= 4 is 34.7 Å². The Morgan fingerprint density at radius 2 is 2.09 bits per heavy atom. The molecule has 1 fully saturated rings. The van der Waals surface area contributed by atoms with Crippen LogP contribution in [0.2, 0.25) is 5.15 Å². The third-order valence-corrected chi connectivity index (χ3v) is 3.74. The summed E-state index contributed by atoms with van der Waals surface area (Å²) in [6, 6.07) is 10.2. The maximum atomic E-state index is 5.87. The SMILES string of the molecule is CC1COCCN1c1ccc(Nc2cc(Cl)nc(N)n2)cc1. The molecule has 2 aromatic rings. The number of benzene rings is 1. The Morgan fingerprint density at radius 3 is 2.77 bits per heavy atom. The second-order valence-electron chi connectivity index (χ2n) is 5.22. The van der Waals surface area contributed by atoms with Crippen LogP contribution < -0.4 is 16.0 Å². The Hall–Kier alpha value is -2.05. The van der Waals surface area contributed by atoms with Crippen molar-refractivity contribution in [3.63, 3.8) is 0 Å². The highest BCUT2D eigenvalue weighted by molar-refractivity contribution is 6.29. The predicted molar refractivity (Wildman–Crippen MR) is 88.8 cm³/mol. The van der Waals surface area contributed by atoms with Gasteiger partial charge in [-0.25, -0.2) is 4.98 Å². The molecule has 2 heterocycles. The number of nitrogens with one attached hydrogen (secondary N) is 1. The van der Waals surface area contributed by atoms with Crippen LogP contribution in [0.25, 0.3) is 0 Å². The van der Waals surface area contributed by atoms with E-state index in [-0.39, 0.29) is 5.95 Å². The van der Waals surface area contributed by atoms with Gasteiger partial charge in [-0.05, 0) is 31.2 Å². The molecule has 3 rings (SSSR count). The van der Waals surface area contributed by atoms with E-state index < -0.39 is 0 Å². The largest absolute Gasteiger partial charge is 0.377 e. The van der Waals surface area contributed by atoms with Gasteiger partial charge in [0.05, 0.1) is 13.2 Å². The van der Waals surface area contributed by atoms with Gasteiger partial charge in [0.2, 0.25) is 5.95 Å². The lowest BCUT2D eigenvalue weighted by atomic mass is 10.2. The number of hydrogen-bond acceptors (Lipinski definition) is 6. The van der Waals surface area contributed by atoms with E-state index in [0.29, 0.717) is 17.0 Å². The highest BCUT2D eigenvalue weighted by atomic mass is 35.5. The molecule has 0 spiro atoms. The Balaban J connectivity index is 1.73. The Bertz CT molecular complexity index is 629. The third-order valence-electron chi connectivity index (χ3n) is 3.55. The maximum absolute atomic E-state index is 5.87. The van der Waals surface area contributed by atoms with Gasteiger partial charge in [-0.2, -0.15) is 4.98 Å². The van der Waals surface area contributed by atoms with Gasteiger partial charge in [0.1, 0.15) is 11.0 Å². The van der Waals surface area contributed by atoms with E-state index in [9.17, 15) is 0 Å². The molecule has 0 saturated carbocycles. The lowest BCUT2D eigenvalue weighted by molar-refractivity contribution is 0.0989. The number of anilines is 4. The van der Waals surface area contributed by atoms with Crippen molar-refractivity contribution in [1.82, 2.24) is 9.97 Å². The second-order valence-corrected chi connectivity index (χ2v) is 5.61. The van der Waals surface area contributed by atoms with Gasteiger partial charge in [-0.15, -0.1) is 0 Å². The highest BCUT2D eigenvalue weighted by Crippen LogP contribution is 2.24. The van der Waals surface area contributed by atoms with Crippen LogP contribution in [0.15, 0.2) is 30.3 Å². The molecule has 0 bridgehead atoms. The minimum absolute atomic E-state index is 0.147. The molecule has 0 aliphatic carbocycles. The van der Waals surface area contributed by atoms with Gasteiger partial charge >= 0.3 is 0 Å². The van der Waals surface area contributed by atoms with E-state index in [4.69, 9.17) is 22.1 Å². The molecule has 1 saturated heterocycles. The smallest absolute Gasteiger partial charge is 0.223 e. The molecular formula is C15H18ClN5O. The van der Waals surface area contributed by atoms with Crippen LogP contribution in [0, 0.1) is 0 Å². The molecule has 22 heavy (non-hydrogen) atoms. The summed E-state index contributed by atoms with van der Waals surface area (Å²) in [6.45, 7) is 4.60. The molecule has 1 aromatic carbocycles. The first-order valence-corrected chi connectivity index (χ1v) is 7.51. The lowest BCUT2D eigenvalue weighted by Crippen LogP contribution is -2.43. The van der Waals surface area contributed by atoms with Gasteiger partial charge in [0.15, 0.2) is 0 Å². The summed E-state index contributed by atoms with van der Waals surface area (Å²) < 4.78 is 5.47. The molecule has 7 heteroatoms. The first-order chi connectivity index (χ1) is 10.6. The van der Waals surface area contributed by atoms with Crippen LogP contribution in [-0.2, 0) is 4.74 Å². The van der Waals surface area contributed by atoms with Gasteiger partial charge in [-0.1, -0.05) is 11.6 Å². The average molecular weight is 320 g/mol. The first-order valence-electron chi connectivity index (χ1n) is 7.13. The van der Waals surface area contributed by atoms with Crippen molar-refractivity contribution < 1.29 is 4.74 Å². The molecule has 1 aromatic heterocycles. The summed E-state index contributed by atoms with van der Waals surface area (Å²) in [4.78, 5) is 10.3. The lowest BCUT2D eigenvalue weighted by Gasteiger charge is -2.35. The zero-order valence-electron chi connectivity index (χ0n) is 12.3. The molecule has 0 radical (unpaired) electrons. The molecule has 1 atom stereocenters. The topological polar surface area (TPSA) is 76.3 Å². The summed E-state index contributed by atoms with van der Waals surface area (Å²) in [5.41, 5.74) is 7.68. The van der Waals surface area contributed by atoms with Gasteiger partial charge in [0, 0.05) is 30.0 Å². The van der Waals surface area contributed by atoms with Gasteiger partial charge in [0.25, 0.3) is 0 Å². The zero-order chi connectivity index (χ0) is 15.5. The zero-order valence-corrected chi connectivity index (χ0v) is 13.0. The third kappa shape index (κ3) is 3.40. The molecule has 116 valence electrons. The maximum Gasteiger partial charge on any atom is 0.223 e. The number of nitrogen functional groups attached to an aromatic ring is 1. The molecule has 0 amide bonds. The van der Waals surface area contributed by atoms with Crippen LogP contribution in [0.1, 0.15) is 6.92 Å². The number of nitrogens with zero attached hydrogens (tertiary/aromatic N) is 3. The molecule has 1 aliphatic heterocycles. The van der Waals surface area contributed by atoms with E-state index >= 15 is 0 Å². The van der Waals surface area contributed by atoms with E-state index in [1.165, 1.54) is 5.69 Å². The van der Waals surface area contributed by atoms with Crippen molar-refractivity contribution in [2.45, 2.75) is 13.0 Å². The summed E-state index contributed by atoms with van der Waals surface area (Å²) in [7, 11) is 0. The molecule has 1 aliphatic rings. The van der Waals surface area contributed by atoms with Crippen LogP contribution in [0.3, 0.4) is 0 Å². The van der Waals surface area contributed by atoms with Crippen LogP contribution in [-0.4, -0.2) is 35.8 Å². The van der Waals surface area contributed by atoms with Crippen LogP contribution in [0.5, 0.6) is 0 Å². The fraction of sp³-hybridized carbons (Fsp3) is 0.333. The molecule has 1 unspecified atom stereocenters. The number of ether oxygens (including phenoxy) is 1. The molecule has 6 nitrogen and oxygen atoms in total. The summed E-state index contributed by atoms with van der Waals surface area (Å²) >= 11 is 5.87. The van der Waals surface area contributed by atoms with E-state index in [2.05, 4.69) is 39.2 Å². The van der Waals surface area contributed by atoms with Crippen molar-refractivity contribution in [3.8, 4) is 0 Å². The number of aromatic nitrogens is 2. The molecule has 3 N–H and O–H groups in total. The predicted octanol–water partition coefficient (Wildman–Crippen LogP) is 2.68. The van der Waals surface area contributed by atoms with Crippen LogP contribution in [0.4, 0.5) is 23.1 Å². The van der Waals surface area contributed by atoms with Crippen molar-refractivity contribution in [1.29, 1.82) is 0 Å².